The van der Waals surface area contributed by atoms with Crippen LogP contribution in [0.5, 0.6) is 0 Å². The summed E-state index contributed by atoms with van der Waals surface area (Å²) in [5.41, 5.74) is -0.450. The minimum atomic E-state index is -2.65. The summed E-state index contributed by atoms with van der Waals surface area (Å²) >= 11 is 0. The summed E-state index contributed by atoms with van der Waals surface area (Å²) in [6.07, 6.45) is 0.502. The Kier molecular flexibility index (Phi) is 3.90. The van der Waals surface area contributed by atoms with Gasteiger partial charge in [0.15, 0.2) is 0 Å². The lowest BCUT2D eigenvalue weighted by Gasteiger charge is -2.46. The van der Waals surface area contributed by atoms with Crippen molar-refractivity contribution >= 4 is 0 Å². The van der Waals surface area contributed by atoms with Gasteiger partial charge in [0.25, 0.3) is 5.92 Å². The highest BCUT2D eigenvalue weighted by atomic mass is 19.3. The molecule has 0 aliphatic carbocycles. The van der Waals surface area contributed by atoms with E-state index in [1.807, 2.05) is 46.4 Å². The predicted molar refractivity (Wildman–Crippen MR) is 67.6 cm³/mol. The Morgan fingerprint density at radius 2 is 1.65 bits per heavy atom. The molecule has 102 valence electrons. The molecule has 0 radical (unpaired) electrons. The molecule has 2 nitrogen and oxygen atoms in total. The van der Waals surface area contributed by atoms with Crippen LogP contribution in [0.1, 0.15) is 48.0 Å². The molecule has 0 saturated carbocycles. The van der Waals surface area contributed by atoms with Gasteiger partial charge in [0.1, 0.15) is 0 Å². The molecule has 1 rings (SSSR count). The first-order valence-corrected chi connectivity index (χ1v) is 6.32. The number of halogens is 2. The molecule has 0 amide bonds. The smallest absolute Gasteiger partial charge is 0.275 e. The predicted octanol–water partition coefficient (Wildman–Crippen LogP) is 2.88. The maximum atomic E-state index is 14.1. The van der Waals surface area contributed by atoms with E-state index in [0.29, 0.717) is 6.42 Å². The Labute approximate surface area is 104 Å². The summed E-state index contributed by atoms with van der Waals surface area (Å²) in [5, 5.41) is 3.04. The molecule has 1 N–H and O–H groups in total. The summed E-state index contributed by atoms with van der Waals surface area (Å²) in [6, 6.07) is -0.707. The van der Waals surface area contributed by atoms with Crippen molar-refractivity contribution in [3.05, 3.63) is 0 Å². The topological polar surface area (TPSA) is 15.3 Å². The largest absolute Gasteiger partial charge is 0.304 e. The Morgan fingerprint density at radius 3 is 2.00 bits per heavy atom. The van der Waals surface area contributed by atoms with Crippen LogP contribution in [0.4, 0.5) is 8.78 Å². The van der Waals surface area contributed by atoms with Gasteiger partial charge in [0.2, 0.25) is 0 Å². The van der Waals surface area contributed by atoms with Crippen LogP contribution in [0.25, 0.3) is 0 Å². The number of alkyl halides is 2. The van der Waals surface area contributed by atoms with Gasteiger partial charge < -0.3 is 5.32 Å². The van der Waals surface area contributed by atoms with Crippen LogP contribution in [0.3, 0.4) is 0 Å². The normalized spacial score (nSPS) is 27.2. The molecular weight excluding hydrogens is 222 g/mol. The maximum Gasteiger partial charge on any atom is 0.275 e. The van der Waals surface area contributed by atoms with Crippen LogP contribution in [0, 0.1) is 0 Å². The summed E-state index contributed by atoms with van der Waals surface area (Å²) < 4.78 is 28.2. The van der Waals surface area contributed by atoms with Gasteiger partial charge in [-0.25, -0.2) is 8.78 Å². The number of hydrogen-bond acceptors (Lipinski definition) is 2. The lowest BCUT2D eigenvalue weighted by atomic mass is 9.93. The zero-order chi connectivity index (χ0) is 13.5. The van der Waals surface area contributed by atoms with Crippen molar-refractivity contribution in [2.75, 3.05) is 13.1 Å². The zero-order valence-electron chi connectivity index (χ0n) is 11.9. The zero-order valence-corrected chi connectivity index (χ0v) is 11.9. The molecule has 0 aromatic heterocycles. The number of nitrogens with zero attached hydrogens (tertiary/aromatic N) is 1. The van der Waals surface area contributed by atoms with E-state index in [2.05, 4.69) is 5.32 Å². The fourth-order valence-electron chi connectivity index (χ4n) is 2.21. The number of rotatable bonds is 1. The average Bonchev–Trinajstić information content (AvgIpc) is 2.04. The van der Waals surface area contributed by atoms with E-state index >= 15 is 0 Å². The number of piperidine rings is 1. The van der Waals surface area contributed by atoms with Crippen molar-refractivity contribution in [3.63, 3.8) is 0 Å². The highest BCUT2D eigenvalue weighted by Crippen LogP contribution is 2.32. The van der Waals surface area contributed by atoms with E-state index in [-0.39, 0.29) is 17.6 Å². The Bertz CT molecular complexity index is 264. The number of hydrogen-bond donors (Lipinski definition) is 1. The highest BCUT2D eigenvalue weighted by molar-refractivity contribution is 4.97. The standard InChI is InChI=1S/C13H26F2N2/c1-11(2,3)16-10-7-8-17(12(4,5)6)9-13(10,14)15/h10,16H,7-9H2,1-6H3. The third-order valence-corrected chi connectivity index (χ3v) is 3.16. The molecule has 0 aromatic rings. The summed E-state index contributed by atoms with van der Waals surface area (Å²) in [6.45, 7) is 12.3. The molecule has 1 saturated heterocycles. The van der Waals surface area contributed by atoms with Crippen molar-refractivity contribution in [1.29, 1.82) is 0 Å². The minimum Gasteiger partial charge on any atom is -0.304 e. The van der Waals surface area contributed by atoms with Gasteiger partial charge >= 0.3 is 0 Å². The summed E-state index contributed by atoms with van der Waals surface area (Å²) in [7, 11) is 0. The van der Waals surface area contributed by atoms with Gasteiger partial charge in [-0.2, -0.15) is 0 Å². The van der Waals surface area contributed by atoms with E-state index in [1.54, 1.807) is 0 Å². The molecule has 17 heavy (non-hydrogen) atoms. The Morgan fingerprint density at radius 1 is 1.12 bits per heavy atom. The van der Waals surface area contributed by atoms with Gasteiger partial charge in [-0.05, 0) is 48.0 Å². The molecule has 1 aliphatic rings. The fourth-order valence-corrected chi connectivity index (χ4v) is 2.21. The SMILES string of the molecule is CC(C)(C)NC1CCN(C(C)(C)C)CC1(F)F. The molecule has 1 heterocycles. The second-order valence-corrected chi connectivity index (χ2v) is 7.09. The molecule has 4 heteroatoms. The van der Waals surface area contributed by atoms with E-state index in [4.69, 9.17) is 0 Å². The Hall–Kier alpha value is -0.220. The van der Waals surface area contributed by atoms with E-state index < -0.39 is 12.0 Å². The molecule has 0 spiro atoms. The number of nitrogens with one attached hydrogen (secondary N) is 1. The first kappa shape index (κ1) is 14.8. The first-order valence-electron chi connectivity index (χ1n) is 6.32. The molecule has 1 atom stereocenters. The van der Waals surface area contributed by atoms with Gasteiger partial charge in [-0.3, -0.25) is 4.90 Å². The van der Waals surface area contributed by atoms with Crippen molar-refractivity contribution in [3.8, 4) is 0 Å². The van der Waals surface area contributed by atoms with Crippen LogP contribution in [-0.4, -0.2) is 41.0 Å². The maximum absolute atomic E-state index is 14.1. The minimum absolute atomic E-state index is 0.149. The van der Waals surface area contributed by atoms with Crippen LogP contribution in [-0.2, 0) is 0 Å². The molecule has 0 bridgehead atoms. The first-order chi connectivity index (χ1) is 7.42. The monoisotopic (exact) mass is 248 g/mol. The van der Waals surface area contributed by atoms with E-state index in [9.17, 15) is 8.78 Å². The molecule has 1 fully saturated rings. The van der Waals surface area contributed by atoms with E-state index in [1.165, 1.54) is 0 Å². The highest BCUT2D eigenvalue weighted by Gasteiger charge is 2.47. The lowest BCUT2D eigenvalue weighted by Crippen LogP contribution is -2.63. The fraction of sp³-hybridized carbons (Fsp3) is 1.00. The molecule has 1 unspecified atom stereocenters. The second kappa shape index (κ2) is 4.47. The van der Waals surface area contributed by atoms with Gasteiger partial charge in [0, 0.05) is 17.6 Å². The quantitative estimate of drug-likeness (QED) is 0.767. The van der Waals surface area contributed by atoms with Gasteiger partial charge in [-0.1, -0.05) is 0 Å². The van der Waals surface area contributed by atoms with Gasteiger partial charge in [-0.15, -0.1) is 0 Å². The van der Waals surface area contributed by atoms with Crippen LogP contribution in [0.2, 0.25) is 0 Å². The number of likely N-dealkylation sites (tertiary alicyclic amines) is 1. The Balaban J connectivity index is 2.70. The third-order valence-electron chi connectivity index (χ3n) is 3.16. The van der Waals surface area contributed by atoms with Crippen LogP contribution < -0.4 is 5.32 Å². The van der Waals surface area contributed by atoms with E-state index in [0.717, 1.165) is 6.54 Å². The molecule has 1 aliphatic heterocycles. The summed E-state index contributed by atoms with van der Waals surface area (Å²) in [5.74, 6) is -2.65. The van der Waals surface area contributed by atoms with Crippen molar-refractivity contribution < 1.29 is 8.78 Å². The molecule has 0 aromatic carbocycles. The van der Waals surface area contributed by atoms with Crippen molar-refractivity contribution in [2.24, 2.45) is 0 Å². The van der Waals surface area contributed by atoms with Crippen molar-refractivity contribution in [2.45, 2.75) is 71.0 Å². The van der Waals surface area contributed by atoms with Gasteiger partial charge in [0.05, 0.1) is 12.6 Å². The molecular formula is C13H26F2N2. The second-order valence-electron chi connectivity index (χ2n) is 7.09. The summed E-state index contributed by atoms with van der Waals surface area (Å²) in [4.78, 5) is 1.87. The lowest BCUT2D eigenvalue weighted by molar-refractivity contribution is -0.114. The average molecular weight is 248 g/mol. The van der Waals surface area contributed by atoms with Crippen LogP contribution in [0.15, 0.2) is 0 Å². The van der Waals surface area contributed by atoms with Crippen molar-refractivity contribution in [1.82, 2.24) is 10.2 Å². The van der Waals surface area contributed by atoms with Crippen LogP contribution >= 0.6 is 0 Å². The third kappa shape index (κ3) is 4.18.